The molecule has 0 spiro atoms. The van der Waals surface area contributed by atoms with Crippen LogP contribution in [0.2, 0.25) is 5.15 Å². The molecule has 1 N–H and O–H groups in total. The van der Waals surface area contributed by atoms with Gasteiger partial charge in [0.1, 0.15) is 22.5 Å². The number of nitriles is 1. The third kappa shape index (κ3) is 4.64. The summed E-state index contributed by atoms with van der Waals surface area (Å²) in [5, 5.41) is 16.9. The number of aryl methyl sites for hydroxylation is 1. The third-order valence-corrected chi connectivity index (χ3v) is 4.03. The molecule has 6 nitrogen and oxygen atoms in total. The van der Waals surface area contributed by atoms with E-state index in [1.54, 1.807) is 43.0 Å². The summed E-state index contributed by atoms with van der Waals surface area (Å²) in [6.45, 7) is 6.57. The summed E-state index contributed by atoms with van der Waals surface area (Å²) in [4.78, 5) is 12.4. The van der Waals surface area contributed by atoms with Crippen LogP contribution in [-0.4, -0.2) is 22.8 Å². The van der Waals surface area contributed by atoms with Crippen molar-refractivity contribution in [3.05, 3.63) is 46.2 Å². The van der Waals surface area contributed by atoms with Crippen molar-refractivity contribution in [3.8, 4) is 11.8 Å². The second-order valence-electron chi connectivity index (χ2n) is 6.22. The van der Waals surface area contributed by atoms with Crippen LogP contribution in [0.3, 0.4) is 0 Å². The zero-order valence-corrected chi connectivity index (χ0v) is 16.0. The molecule has 136 valence electrons. The maximum absolute atomic E-state index is 12.4. The van der Waals surface area contributed by atoms with Gasteiger partial charge in [0.2, 0.25) is 0 Å². The molecule has 0 atom stereocenters. The number of halogens is 1. The first kappa shape index (κ1) is 19.5. The summed E-state index contributed by atoms with van der Waals surface area (Å²) < 4.78 is 6.81. The Bertz CT molecular complexity index is 878. The van der Waals surface area contributed by atoms with Gasteiger partial charge in [0.25, 0.3) is 5.91 Å². The standard InChI is InChI=1S/C19H21ClN4O2/c1-12(2)11-24-18(20)17(13(3)23-24)8-14(10-21)19(25)22-15-6-5-7-16(9-15)26-4/h5-9,12H,11H2,1-4H3,(H,22,25)/b14-8+. The van der Waals surface area contributed by atoms with Gasteiger partial charge in [0, 0.05) is 23.9 Å². The largest absolute Gasteiger partial charge is 0.497 e. The maximum Gasteiger partial charge on any atom is 0.266 e. The predicted molar refractivity (Wildman–Crippen MR) is 102 cm³/mol. The molecular weight excluding hydrogens is 352 g/mol. The normalized spacial score (nSPS) is 11.3. The molecule has 1 amide bonds. The Kier molecular flexibility index (Phi) is 6.42. The van der Waals surface area contributed by atoms with Crippen LogP contribution in [0.25, 0.3) is 6.08 Å². The minimum atomic E-state index is -0.521. The summed E-state index contributed by atoms with van der Waals surface area (Å²) in [5.74, 6) is 0.461. The highest BCUT2D eigenvalue weighted by atomic mass is 35.5. The molecule has 1 heterocycles. The number of methoxy groups -OCH3 is 1. The first-order valence-electron chi connectivity index (χ1n) is 8.15. The molecule has 0 saturated carbocycles. The van der Waals surface area contributed by atoms with Crippen molar-refractivity contribution in [2.45, 2.75) is 27.3 Å². The smallest absolute Gasteiger partial charge is 0.266 e. The second kappa shape index (κ2) is 8.54. The summed E-state index contributed by atoms with van der Waals surface area (Å²) in [7, 11) is 1.54. The van der Waals surface area contributed by atoms with E-state index in [-0.39, 0.29) is 5.57 Å². The Hall–Kier alpha value is -2.78. The number of carbonyl (C=O) groups excluding carboxylic acids is 1. The van der Waals surface area contributed by atoms with Gasteiger partial charge in [-0.1, -0.05) is 31.5 Å². The molecule has 0 bridgehead atoms. The first-order chi connectivity index (χ1) is 12.3. The van der Waals surface area contributed by atoms with E-state index in [0.717, 1.165) is 0 Å². The van der Waals surface area contributed by atoms with Crippen LogP contribution < -0.4 is 10.1 Å². The Balaban J connectivity index is 2.28. The molecule has 0 fully saturated rings. The number of anilines is 1. The van der Waals surface area contributed by atoms with Gasteiger partial charge >= 0.3 is 0 Å². The zero-order chi connectivity index (χ0) is 19.3. The third-order valence-electron chi connectivity index (χ3n) is 3.63. The van der Waals surface area contributed by atoms with Crippen LogP contribution in [0, 0.1) is 24.2 Å². The number of hydrogen-bond donors (Lipinski definition) is 1. The summed E-state index contributed by atoms with van der Waals surface area (Å²) in [5.41, 5.74) is 1.72. The van der Waals surface area contributed by atoms with E-state index < -0.39 is 5.91 Å². The number of amides is 1. The van der Waals surface area contributed by atoms with Crippen LogP contribution in [-0.2, 0) is 11.3 Å². The van der Waals surface area contributed by atoms with Crippen LogP contribution in [0.1, 0.15) is 25.1 Å². The number of ether oxygens (including phenoxy) is 1. The number of nitrogens with one attached hydrogen (secondary N) is 1. The summed E-state index contributed by atoms with van der Waals surface area (Å²) in [6.07, 6.45) is 1.47. The minimum absolute atomic E-state index is 0.0538. The highest BCUT2D eigenvalue weighted by Crippen LogP contribution is 2.24. The van der Waals surface area contributed by atoms with E-state index in [0.29, 0.717) is 40.3 Å². The molecule has 0 unspecified atom stereocenters. The summed E-state index contributed by atoms with van der Waals surface area (Å²) >= 11 is 6.38. The molecule has 1 aromatic heterocycles. The molecule has 2 rings (SSSR count). The second-order valence-corrected chi connectivity index (χ2v) is 6.58. The molecule has 0 aliphatic rings. The summed E-state index contributed by atoms with van der Waals surface area (Å²) in [6, 6.07) is 8.83. The van der Waals surface area contributed by atoms with Crippen molar-refractivity contribution in [2.24, 2.45) is 5.92 Å². The number of aromatic nitrogens is 2. The van der Waals surface area contributed by atoms with E-state index >= 15 is 0 Å². The maximum atomic E-state index is 12.4. The SMILES string of the molecule is COc1cccc(NC(=O)/C(C#N)=C/c2c(C)nn(CC(C)C)c2Cl)c1. The number of rotatable bonds is 6. The monoisotopic (exact) mass is 372 g/mol. The fraction of sp³-hybridized carbons (Fsp3) is 0.316. The lowest BCUT2D eigenvalue weighted by Gasteiger charge is -2.07. The molecule has 26 heavy (non-hydrogen) atoms. The molecule has 0 radical (unpaired) electrons. The molecule has 0 aliphatic carbocycles. The van der Waals surface area contributed by atoms with E-state index in [1.807, 2.05) is 6.07 Å². The Morgan fingerprint density at radius 1 is 1.50 bits per heavy atom. The van der Waals surface area contributed by atoms with Crippen molar-refractivity contribution in [1.29, 1.82) is 5.26 Å². The fourth-order valence-electron chi connectivity index (χ4n) is 2.39. The Morgan fingerprint density at radius 2 is 2.23 bits per heavy atom. The van der Waals surface area contributed by atoms with E-state index in [4.69, 9.17) is 16.3 Å². The van der Waals surface area contributed by atoms with Gasteiger partial charge in [-0.3, -0.25) is 9.48 Å². The van der Waals surface area contributed by atoms with E-state index in [2.05, 4.69) is 24.3 Å². The van der Waals surface area contributed by atoms with Gasteiger partial charge in [-0.15, -0.1) is 0 Å². The highest BCUT2D eigenvalue weighted by Gasteiger charge is 2.16. The van der Waals surface area contributed by atoms with Gasteiger partial charge < -0.3 is 10.1 Å². The average molecular weight is 373 g/mol. The van der Waals surface area contributed by atoms with Crippen LogP contribution in [0.15, 0.2) is 29.8 Å². The number of nitrogens with zero attached hydrogens (tertiary/aromatic N) is 3. The first-order valence-corrected chi connectivity index (χ1v) is 8.53. The van der Waals surface area contributed by atoms with Crippen molar-refractivity contribution >= 4 is 29.3 Å². The molecular formula is C19H21ClN4O2. The quantitative estimate of drug-likeness (QED) is 0.612. The predicted octanol–water partition coefficient (Wildman–Crippen LogP) is 4.06. The van der Waals surface area contributed by atoms with E-state index in [9.17, 15) is 10.1 Å². The molecule has 0 saturated heterocycles. The van der Waals surface area contributed by atoms with E-state index in [1.165, 1.54) is 6.08 Å². The van der Waals surface area contributed by atoms with Crippen molar-refractivity contribution in [3.63, 3.8) is 0 Å². The lowest BCUT2D eigenvalue weighted by molar-refractivity contribution is -0.112. The van der Waals surface area contributed by atoms with Crippen molar-refractivity contribution < 1.29 is 9.53 Å². The average Bonchev–Trinajstić information content (AvgIpc) is 2.85. The van der Waals surface area contributed by atoms with Gasteiger partial charge in [-0.25, -0.2) is 0 Å². The molecule has 7 heteroatoms. The molecule has 1 aromatic carbocycles. The highest BCUT2D eigenvalue weighted by molar-refractivity contribution is 6.31. The van der Waals surface area contributed by atoms with Gasteiger partial charge in [0.15, 0.2) is 0 Å². The van der Waals surface area contributed by atoms with Crippen LogP contribution in [0.4, 0.5) is 5.69 Å². The molecule has 2 aromatic rings. The van der Waals surface area contributed by atoms with Crippen LogP contribution >= 0.6 is 11.6 Å². The topological polar surface area (TPSA) is 79.9 Å². The molecule has 0 aliphatic heterocycles. The van der Waals surface area contributed by atoms with Crippen molar-refractivity contribution in [2.75, 3.05) is 12.4 Å². The number of hydrogen-bond acceptors (Lipinski definition) is 4. The number of carbonyl (C=O) groups is 1. The minimum Gasteiger partial charge on any atom is -0.497 e. The van der Waals surface area contributed by atoms with Gasteiger partial charge in [-0.2, -0.15) is 10.4 Å². The Labute approximate surface area is 158 Å². The zero-order valence-electron chi connectivity index (χ0n) is 15.2. The van der Waals surface area contributed by atoms with Gasteiger partial charge in [0.05, 0.1) is 12.8 Å². The number of benzene rings is 1. The van der Waals surface area contributed by atoms with Crippen LogP contribution in [0.5, 0.6) is 5.75 Å². The van der Waals surface area contributed by atoms with Crippen molar-refractivity contribution in [1.82, 2.24) is 9.78 Å². The van der Waals surface area contributed by atoms with Gasteiger partial charge in [-0.05, 0) is 31.1 Å². The Morgan fingerprint density at radius 3 is 2.85 bits per heavy atom. The lowest BCUT2D eigenvalue weighted by Crippen LogP contribution is -2.13. The lowest BCUT2D eigenvalue weighted by atomic mass is 10.1. The fourth-order valence-corrected chi connectivity index (χ4v) is 2.69.